The van der Waals surface area contributed by atoms with E-state index in [1.54, 1.807) is 13.0 Å². The van der Waals surface area contributed by atoms with Gasteiger partial charge in [0.1, 0.15) is 11.6 Å². The summed E-state index contributed by atoms with van der Waals surface area (Å²) in [6, 6.07) is 4.66. The number of carbonyl (C=O) groups excluding carboxylic acids is 1. The van der Waals surface area contributed by atoms with Crippen molar-refractivity contribution >= 4 is 11.9 Å². The van der Waals surface area contributed by atoms with E-state index >= 15 is 0 Å². The molecule has 1 heterocycles. The number of carboxylic acids is 1. The van der Waals surface area contributed by atoms with Crippen LogP contribution in [0.15, 0.2) is 18.2 Å². The molecular formula is C16H21NO5. The molecule has 2 rings (SSSR count). The Morgan fingerprint density at radius 1 is 1.45 bits per heavy atom. The molecule has 1 atom stereocenters. The van der Waals surface area contributed by atoms with Gasteiger partial charge in [0.25, 0.3) is 5.91 Å². The fourth-order valence-electron chi connectivity index (χ4n) is 2.42. The second kappa shape index (κ2) is 6.25. The van der Waals surface area contributed by atoms with Crippen molar-refractivity contribution in [2.24, 2.45) is 0 Å². The van der Waals surface area contributed by atoms with Gasteiger partial charge in [0.15, 0.2) is 18.1 Å². The molecule has 1 unspecified atom stereocenters. The highest BCUT2D eigenvalue weighted by Gasteiger charge is 2.32. The van der Waals surface area contributed by atoms with E-state index in [0.29, 0.717) is 17.9 Å². The van der Waals surface area contributed by atoms with Crippen LogP contribution in [-0.4, -0.2) is 35.2 Å². The zero-order valence-electron chi connectivity index (χ0n) is 13.0. The lowest BCUT2D eigenvalue weighted by Crippen LogP contribution is -2.42. The highest BCUT2D eigenvalue weighted by Crippen LogP contribution is 2.41. The number of aliphatic carboxylic acids is 1. The number of rotatable bonds is 6. The first kappa shape index (κ1) is 16.1. The van der Waals surface area contributed by atoms with Gasteiger partial charge in [-0.25, -0.2) is 4.79 Å². The second-order valence-electron chi connectivity index (χ2n) is 5.94. The maximum atomic E-state index is 11.8. The first-order valence-electron chi connectivity index (χ1n) is 7.28. The van der Waals surface area contributed by atoms with Gasteiger partial charge in [-0.2, -0.15) is 0 Å². The van der Waals surface area contributed by atoms with Gasteiger partial charge < -0.3 is 19.9 Å². The molecule has 1 amide bonds. The summed E-state index contributed by atoms with van der Waals surface area (Å²) in [5, 5.41) is 11.3. The number of nitrogens with one attached hydrogen (secondary N) is 1. The molecule has 22 heavy (non-hydrogen) atoms. The van der Waals surface area contributed by atoms with Crippen molar-refractivity contribution in [3.05, 3.63) is 23.8 Å². The smallest absolute Gasteiger partial charge is 0.326 e. The third-order valence-corrected chi connectivity index (χ3v) is 3.46. The van der Waals surface area contributed by atoms with Crippen LogP contribution in [0.3, 0.4) is 0 Å². The monoisotopic (exact) mass is 307 g/mol. The second-order valence-corrected chi connectivity index (χ2v) is 5.94. The zero-order chi connectivity index (χ0) is 16.3. The molecule has 0 radical (unpaired) electrons. The molecule has 1 aromatic rings. The van der Waals surface area contributed by atoms with Crippen molar-refractivity contribution in [2.75, 3.05) is 6.61 Å². The Morgan fingerprint density at radius 2 is 2.18 bits per heavy atom. The lowest BCUT2D eigenvalue weighted by molar-refractivity contribution is -0.142. The molecule has 0 bridgehead atoms. The van der Waals surface area contributed by atoms with Gasteiger partial charge in [-0.3, -0.25) is 4.79 Å². The summed E-state index contributed by atoms with van der Waals surface area (Å²) in [5.74, 6) is -0.363. The average molecular weight is 307 g/mol. The topological polar surface area (TPSA) is 84.9 Å². The maximum Gasteiger partial charge on any atom is 0.326 e. The lowest BCUT2D eigenvalue weighted by Gasteiger charge is -2.18. The molecule has 2 N–H and O–H groups in total. The van der Waals surface area contributed by atoms with Gasteiger partial charge in [0.05, 0.1) is 0 Å². The van der Waals surface area contributed by atoms with Crippen LogP contribution in [0, 0.1) is 0 Å². The van der Waals surface area contributed by atoms with Gasteiger partial charge in [-0.15, -0.1) is 0 Å². The van der Waals surface area contributed by atoms with E-state index in [-0.39, 0.29) is 12.2 Å². The summed E-state index contributed by atoms with van der Waals surface area (Å²) in [5.41, 5.74) is 0.751. The summed E-state index contributed by atoms with van der Waals surface area (Å²) >= 11 is 0. The number of carboxylic acid groups (broad SMARTS) is 1. The molecule has 0 fully saturated rings. The van der Waals surface area contributed by atoms with Crippen LogP contribution in [0.4, 0.5) is 0 Å². The Hall–Kier alpha value is -2.24. The van der Waals surface area contributed by atoms with Crippen LogP contribution < -0.4 is 14.8 Å². The molecule has 1 aliphatic rings. The third kappa shape index (κ3) is 3.69. The highest BCUT2D eigenvalue weighted by atomic mass is 16.5. The number of ether oxygens (including phenoxy) is 2. The summed E-state index contributed by atoms with van der Waals surface area (Å²) in [6.07, 6.45) is 1.10. The number of carbonyl (C=O) groups is 2. The van der Waals surface area contributed by atoms with Gasteiger partial charge in [-0.1, -0.05) is 19.1 Å². The van der Waals surface area contributed by atoms with E-state index < -0.39 is 17.9 Å². The summed E-state index contributed by atoms with van der Waals surface area (Å²) in [7, 11) is 0. The third-order valence-electron chi connectivity index (χ3n) is 3.46. The summed E-state index contributed by atoms with van der Waals surface area (Å²) in [6.45, 7) is 5.42. The van der Waals surface area contributed by atoms with Gasteiger partial charge >= 0.3 is 5.97 Å². The summed E-state index contributed by atoms with van der Waals surface area (Å²) in [4.78, 5) is 22.7. The summed E-state index contributed by atoms with van der Waals surface area (Å²) < 4.78 is 11.3. The van der Waals surface area contributed by atoms with Gasteiger partial charge in [0, 0.05) is 12.0 Å². The molecule has 6 heteroatoms. The molecule has 1 aliphatic heterocycles. The molecular weight excluding hydrogens is 286 g/mol. The van der Waals surface area contributed by atoms with Crippen molar-refractivity contribution in [3.63, 3.8) is 0 Å². The molecule has 6 nitrogen and oxygen atoms in total. The van der Waals surface area contributed by atoms with Crippen molar-refractivity contribution in [1.29, 1.82) is 0 Å². The SMILES string of the molecule is CCC(NC(=O)COc1cccc2c1OC(C)(C)C2)C(=O)O. The van der Waals surface area contributed by atoms with E-state index in [0.717, 1.165) is 12.0 Å². The number of hydrogen-bond donors (Lipinski definition) is 2. The fourth-order valence-corrected chi connectivity index (χ4v) is 2.42. The van der Waals surface area contributed by atoms with E-state index in [1.165, 1.54) is 0 Å². The lowest BCUT2D eigenvalue weighted by atomic mass is 10.0. The Labute approximate surface area is 129 Å². The standard InChI is InChI=1S/C16H21NO5/c1-4-11(15(19)20)17-13(18)9-21-12-7-5-6-10-8-16(2,3)22-14(10)12/h5-7,11H,4,8-9H2,1-3H3,(H,17,18)(H,19,20). The van der Waals surface area contributed by atoms with Crippen molar-refractivity contribution < 1.29 is 24.2 Å². The molecule has 120 valence electrons. The largest absolute Gasteiger partial charge is 0.483 e. The Balaban J connectivity index is 1.98. The van der Waals surface area contributed by atoms with Crippen LogP contribution >= 0.6 is 0 Å². The number of fused-ring (bicyclic) bond motifs is 1. The van der Waals surface area contributed by atoms with Crippen LogP contribution in [-0.2, 0) is 16.0 Å². The van der Waals surface area contributed by atoms with Crippen LogP contribution in [0.2, 0.25) is 0 Å². The fraction of sp³-hybridized carbons (Fsp3) is 0.500. The Morgan fingerprint density at radius 3 is 2.82 bits per heavy atom. The van der Waals surface area contributed by atoms with Crippen LogP contribution in [0.25, 0.3) is 0 Å². The molecule has 0 saturated heterocycles. The van der Waals surface area contributed by atoms with Crippen LogP contribution in [0.5, 0.6) is 11.5 Å². The van der Waals surface area contributed by atoms with Crippen LogP contribution in [0.1, 0.15) is 32.8 Å². The predicted molar refractivity (Wildman–Crippen MR) is 80.2 cm³/mol. The number of benzene rings is 1. The number of para-hydroxylation sites is 1. The average Bonchev–Trinajstić information content (AvgIpc) is 2.76. The number of hydrogen-bond acceptors (Lipinski definition) is 4. The van der Waals surface area contributed by atoms with Crippen molar-refractivity contribution in [1.82, 2.24) is 5.32 Å². The Kier molecular flexibility index (Phi) is 4.59. The quantitative estimate of drug-likeness (QED) is 0.836. The minimum Gasteiger partial charge on any atom is -0.483 e. The zero-order valence-corrected chi connectivity index (χ0v) is 13.0. The van der Waals surface area contributed by atoms with Gasteiger partial charge in [-0.05, 0) is 26.3 Å². The molecule has 0 aromatic heterocycles. The van der Waals surface area contributed by atoms with E-state index in [4.69, 9.17) is 14.6 Å². The van der Waals surface area contributed by atoms with E-state index in [2.05, 4.69) is 5.32 Å². The predicted octanol–water partition coefficient (Wildman–Crippen LogP) is 1.76. The minimum atomic E-state index is -1.05. The van der Waals surface area contributed by atoms with Gasteiger partial charge in [0.2, 0.25) is 0 Å². The molecule has 0 saturated carbocycles. The normalized spacial score (nSPS) is 16.3. The maximum absolute atomic E-state index is 11.8. The van der Waals surface area contributed by atoms with Crippen molar-refractivity contribution in [2.45, 2.75) is 45.3 Å². The molecule has 0 spiro atoms. The Bertz CT molecular complexity index is 582. The molecule has 0 aliphatic carbocycles. The molecule has 1 aromatic carbocycles. The van der Waals surface area contributed by atoms with E-state index in [1.807, 2.05) is 26.0 Å². The number of amides is 1. The highest BCUT2D eigenvalue weighted by molar-refractivity contribution is 5.84. The minimum absolute atomic E-state index is 0.246. The van der Waals surface area contributed by atoms with Crippen molar-refractivity contribution in [3.8, 4) is 11.5 Å². The first-order valence-corrected chi connectivity index (χ1v) is 7.28. The first-order chi connectivity index (χ1) is 10.3. The van der Waals surface area contributed by atoms with E-state index in [9.17, 15) is 9.59 Å².